The van der Waals surface area contributed by atoms with Gasteiger partial charge in [-0.25, -0.2) is 0 Å². The van der Waals surface area contributed by atoms with E-state index in [9.17, 15) is 9.59 Å². The van der Waals surface area contributed by atoms with Crippen LogP contribution in [0.2, 0.25) is 0 Å². The minimum Gasteiger partial charge on any atom is -0.342 e. The lowest BCUT2D eigenvalue weighted by Crippen LogP contribution is -2.44. The third-order valence-electron chi connectivity index (χ3n) is 5.63. The molecule has 0 saturated carbocycles. The highest BCUT2D eigenvalue weighted by Gasteiger charge is 2.27. The smallest absolute Gasteiger partial charge is 0.253 e. The Labute approximate surface area is 151 Å². The SMILES string of the molecule is CC(C)c1ccc(C(=O)N2CCC(CN3CCCCC3=O)CC2)cc1. The van der Waals surface area contributed by atoms with Crippen molar-refractivity contribution in [2.75, 3.05) is 26.2 Å². The molecule has 1 aromatic carbocycles. The fourth-order valence-electron chi connectivity index (χ4n) is 3.88. The van der Waals surface area contributed by atoms with Gasteiger partial charge in [0.2, 0.25) is 5.91 Å². The molecule has 0 unspecified atom stereocenters. The molecule has 4 nitrogen and oxygen atoms in total. The standard InChI is InChI=1S/C21H30N2O2/c1-16(2)18-6-8-19(9-7-18)21(25)22-13-10-17(11-14-22)15-23-12-4-3-5-20(23)24/h6-9,16-17H,3-5,10-15H2,1-2H3. The zero-order valence-corrected chi connectivity index (χ0v) is 15.5. The van der Waals surface area contributed by atoms with Crippen LogP contribution in [0.5, 0.6) is 0 Å². The first-order valence-electron chi connectivity index (χ1n) is 9.71. The maximum absolute atomic E-state index is 12.7. The van der Waals surface area contributed by atoms with E-state index in [-0.39, 0.29) is 5.91 Å². The third-order valence-corrected chi connectivity index (χ3v) is 5.63. The zero-order chi connectivity index (χ0) is 17.8. The number of likely N-dealkylation sites (tertiary alicyclic amines) is 2. The highest BCUT2D eigenvalue weighted by Crippen LogP contribution is 2.23. The number of hydrogen-bond donors (Lipinski definition) is 0. The summed E-state index contributed by atoms with van der Waals surface area (Å²) in [5.74, 6) is 1.48. The van der Waals surface area contributed by atoms with Crippen LogP contribution in [0.4, 0.5) is 0 Å². The van der Waals surface area contributed by atoms with Gasteiger partial charge in [0.05, 0.1) is 0 Å². The first kappa shape index (κ1) is 18.0. The Morgan fingerprint density at radius 1 is 1.08 bits per heavy atom. The topological polar surface area (TPSA) is 40.6 Å². The van der Waals surface area contributed by atoms with Gasteiger partial charge >= 0.3 is 0 Å². The maximum Gasteiger partial charge on any atom is 0.253 e. The van der Waals surface area contributed by atoms with E-state index in [2.05, 4.69) is 26.0 Å². The van der Waals surface area contributed by atoms with Crippen molar-refractivity contribution < 1.29 is 9.59 Å². The molecular formula is C21H30N2O2. The van der Waals surface area contributed by atoms with Gasteiger partial charge in [-0.2, -0.15) is 0 Å². The van der Waals surface area contributed by atoms with Crippen LogP contribution in [0.15, 0.2) is 24.3 Å². The van der Waals surface area contributed by atoms with E-state index in [1.165, 1.54) is 5.56 Å². The molecule has 25 heavy (non-hydrogen) atoms. The highest BCUT2D eigenvalue weighted by atomic mass is 16.2. The predicted octanol–water partition coefficient (Wildman–Crippen LogP) is 3.67. The first-order chi connectivity index (χ1) is 12.0. The van der Waals surface area contributed by atoms with E-state index < -0.39 is 0 Å². The Morgan fingerprint density at radius 3 is 2.36 bits per heavy atom. The summed E-state index contributed by atoms with van der Waals surface area (Å²) in [6, 6.07) is 8.03. The second-order valence-corrected chi connectivity index (χ2v) is 7.81. The molecule has 2 heterocycles. The number of benzene rings is 1. The van der Waals surface area contributed by atoms with Gasteiger partial charge in [0.25, 0.3) is 5.91 Å². The molecule has 0 aliphatic carbocycles. The highest BCUT2D eigenvalue weighted by molar-refractivity contribution is 5.94. The number of nitrogens with zero attached hydrogens (tertiary/aromatic N) is 2. The average Bonchev–Trinajstić information content (AvgIpc) is 2.64. The summed E-state index contributed by atoms with van der Waals surface area (Å²) in [6.07, 6.45) is 4.89. The average molecular weight is 342 g/mol. The molecule has 0 bridgehead atoms. The van der Waals surface area contributed by atoms with Crippen molar-refractivity contribution in [2.45, 2.75) is 51.9 Å². The minimum atomic E-state index is 0.141. The molecule has 2 aliphatic rings. The zero-order valence-electron chi connectivity index (χ0n) is 15.5. The Hall–Kier alpha value is -1.84. The number of rotatable bonds is 4. The van der Waals surface area contributed by atoms with Crippen LogP contribution in [0.1, 0.15) is 67.8 Å². The van der Waals surface area contributed by atoms with Crippen LogP contribution in [0.25, 0.3) is 0 Å². The monoisotopic (exact) mass is 342 g/mol. The molecule has 2 amide bonds. The van der Waals surface area contributed by atoms with Gasteiger partial charge in [-0.3, -0.25) is 9.59 Å². The number of carbonyl (C=O) groups excluding carboxylic acids is 2. The van der Waals surface area contributed by atoms with Crippen molar-refractivity contribution in [1.29, 1.82) is 0 Å². The van der Waals surface area contributed by atoms with Crippen LogP contribution in [-0.2, 0) is 4.79 Å². The molecule has 0 radical (unpaired) electrons. The minimum absolute atomic E-state index is 0.141. The van der Waals surface area contributed by atoms with Gasteiger partial charge in [0.1, 0.15) is 0 Å². The van der Waals surface area contributed by atoms with Crippen molar-refractivity contribution in [3.8, 4) is 0 Å². The van der Waals surface area contributed by atoms with Crippen molar-refractivity contribution in [3.63, 3.8) is 0 Å². The van der Waals surface area contributed by atoms with E-state index in [1.54, 1.807) is 0 Å². The molecule has 0 N–H and O–H groups in total. The Balaban J connectivity index is 1.51. The summed E-state index contributed by atoms with van der Waals surface area (Å²) >= 11 is 0. The normalized spacial score (nSPS) is 19.6. The molecule has 2 fully saturated rings. The third kappa shape index (κ3) is 4.42. The first-order valence-corrected chi connectivity index (χ1v) is 9.71. The van der Waals surface area contributed by atoms with Crippen molar-refractivity contribution >= 4 is 11.8 Å². The summed E-state index contributed by atoms with van der Waals surface area (Å²) in [7, 11) is 0. The summed E-state index contributed by atoms with van der Waals surface area (Å²) in [5, 5.41) is 0. The summed E-state index contributed by atoms with van der Waals surface area (Å²) < 4.78 is 0. The van der Waals surface area contributed by atoms with Gasteiger partial charge in [0.15, 0.2) is 0 Å². The molecule has 2 saturated heterocycles. The maximum atomic E-state index is 12.7. The number of carbonyl (C=O) groups is 2. The lowest BCUT2D eigenvalue weighted by Gasteiger charge is -2.36. The lowest BCUT2D eigenvalue weighted by atomic mass is 9.94. The fraction of sp³-hybridized carbons (Fsp3) is 0.619. The molecule has 1 aromatic rings. The summed E-state index contributed by atoms with van der Waals surface area (Å²) in [6.45, 7) is 7.72. The molecule has 0 spiro atoms. The van der Waals surface area contributed by atoms with Crippen molar-refractivity contribution in [3.05, 3.63) is 35.4 Å². The second-order valence-electron chi connectivity index (χ2n) is 7.81. The van der Waals surface area contributed by atoms with E-state index >= 15 is 0 Å². The van der Waals surface area contributed by atoms with Gasteiger partial charge in [0, 0.05) is 38.2 Å². The Morgan fingerprint density at radius 2 is 1.76 bits per heavy atom. The molecular weight excluding hydrogens is 312 g/mol. The Kier molecular flexibility index (Phi) is 5.77. The molecule has 0 atom stereocenters. The molecule has 3 rings (SSSR count). The van der Waals surface area contributed by atoms with Gasteiger partial charge in [-0.05, 0) is 55.2 Å². The second kappa shape index (κ2) is 8.03. The molecule has 2 aliphatic heterocycles. The van der Waals surface area contributed by atoms with Crippen LogP contribution >= 0.6 is 0 Å². The largest absolute Gasteiger partial charge is 0.342 e. The molecule has 0 aromatic heterocycles. The van der Waals surface area contributed by atoms with E-state index in [0.717, 1.165) is 57.4 Å². The lowest BCUT2D eigenvalue weighted by molar-refractivity contribution is -0.134. The van der Waals surface area contributed by atoms with Crippen LogP contribution in [0, 0.1) is 5.92 Å². The van der Waals surface area contributed by atoms with Crippen LogP contribution in [0.3, 0.4) is 0 Å². The fourth-order valence-corrected chi connectivity index (χ4v) is 3.88. The summed E-state index contributed by atoms with van der Waals surface area (Å²) in [4.78, 5) is 28.7. The van der Waals surface area contributed by atoms with Crippen LogP contribution in [-0.4, -0.2) is 47.8 Å². The van der Waals surface area contributed by atoms with Crippen molar-refractivity contribution in [1.82, 2.24) is 9.80 Å². The number of hydrogen-bond acceptors (Lipinski definition) is 2. The number of piperidine rings is 2. The molecule has 136 valence electrons. The van der Waals surface area contributed by atoms with Gasteiger partial charge in [-0.1, -0.05) is 26.0 Å². The van der Waals surface area contributed by atoms with Gasteiger partial charge < -0.3 is 9.80 Å². The van der Waals surface area contributed by atoms with Crippen LogP contribution < -0.4 is 0 Å². The van der Waals surface area contributed by atoms with Gasteiger partial charge in [-0.15, -0.1) is 0 Å². The Bertz CT molecular complexity index is 601. The van der Waals surface area contributed by atoms with Crippen molar-refractivity contribution in [2.24, 2.45) is 5.92 Å². The van der Waals surface area contributed by atoms with E-state index in [4.69, 9.17) is 0 Å². The van der Waals surface area contributed by atoms with E-state index in [1.807, 2.05) is 21.9 Å². The molecule has 4 heteroatoms. The van der Waals surface area contributed by atoms with E-state index in [0.29, 0.717) is 24.2 Å². The predicted molar refractivity (Wildman–Crippen MR) is 99.6 cm³/mol. The quantitative estimate of drug-likeness (QED) is 0.837. The number of amides is 2. The summed E-state index contributed by atoms with van der Waals surface area (Å²) in [5.41, 5.74) is 2.05.